The zero-order chi connectivity index (χ0) is 13.4. The van der Waals surface area contributed by atoms with E-state index in [9.17, 15) is 4.79 Å². The van der Waals surface area contributed by atoms with E-state index >= 15 is 0 Å². The summed E-state index contributed by atoms with van der Waals surface area (Å²) in [5, 5.41) is 11.7. The highest BCUT2D eigenvalue weighted by molar-refractivity contribution is 5.92. The van der Waals surface area contributed by atoms with Crippen molar-refractivity contribution >= 4 is 11.6 Å². The number of benzene rings is 1. The van der Waals surface area contributed by atoms with Crippen LogP contribution < -0.4 is 5.32 Å². The number of amides is 1. The standard InChI is InChI=1S/C14H19N3O/c1-3-17(2)10-6-9-14(18)16-13-8-5-4-7-12(13)11-15/h4-5,7-8H,3,6,9-10H2,1-2H3,(H,16,18). The van der Waals surface area contributed by atoms with Crippen LogP contribution in [0.4, 0.5) is 5.69 Å². The Morgan fingerprint density at radius 2 is 2.17 bits per heavy atom. The van der Waals surface area contributed by atoms with Crippen LogP contribution >= 0.6 is 0 Å². The Bertz CT molecular complexity index is 437. The van der Waals surface area contributed by atoms with Gasteiger partial charge in [-0.3, -0.25) is 4.79 Å². The highest BCUT2D eigenvalue weighted by atomic mass is 16.1. The molecule has 0 spiro atoms. The summed E-state index contributed by atoms with van der Waals surface area (Å²) in [7, 11) is 2.03. The number of carbonyl (C=O) groups is 1. The maximum absolute atomic E-state index is 11.7. The first-order valence-corrected chi connectivity index (χ1v) is 6.15. The molecule has 0 fully saturated rings. The van der Waals surface area contributed by atoms with Crippen molar-refractivity contribution in [2.75, 3.05) is 25.5 Å². The molecule has 4 heteroatoms. The van der Waals surface area contributed by atoms with Crippen molar-refractivity contribution < 1.29 is 4.79 Å². The fourth-order valence-electron chi connectivity index (χ4n) is 1.57. The van der Waals surface area contributed by atoms with Gasteiger partial charge in [-0.2, -0.15) is 5.26 Å². The molecule has 0 aliphatic carbocycles. The van der Waals surface area contributed by atoms with Crippen molar-refractivity contribution in [1.82, 2.24) is 4.90 Å². The van der Waals surface area contributed by atoms with E-state index < -0.39 is 0 Å². The van der Waals surface area contributed by atoms with E-state index in [0.29, 0.717) is 17.7 Å². The second kappa shape index (κ2) is 7.46. The van der Waals surface area contributed by atoms with Crippen LogP contribution in [0.1, 0.15) is 25.3 Å². The van der Waals surface area contributed by atoms with Crippen LogP contribution in [0.25, 0.3) is 0 Å². The van der Waals surface area contributed by atoms with E-state index in [-0.39, 0.29) is 5.91 Å². The van der Waals surface area contributed by atoms with Crippen molar-refractivity contribution in [2.24, 2.45) is 0 Å². The van der Waals surface area contributed by atoms with Gasteiger partial charge < -0.3 is 10.2 Å². The Hall–Kier alpha value is -1.86. The minimum absolute atomic E-state index is 0.0396. The summed E-state index contributed by atoms with van der Waals surface area (Å²) < 4.78 is 0. The van der Waals surface area contributed by atoms with Gasteiger partial charge in [-0.25, -0.2) is 0 Å². The summed E-state index contributed by atoms with van der Waals surface area (Å²) in [4.78, 5) is 13.9. The van der Waals surface area contributed by atoms with Crippen LogP contribution in [0, 0.1) is 11.3 Å². The molecule has 96 valence electrons. The number of para-hydroxylation sites is 1. The highest BCUT2D eigenvalue weighted by Gasteiger charge is 2.06. The Labute approximate surface area is 108 Å². The molecule has 0 aliphatic heterocycles. The number of anilines is 1. The molecule has 1 aromatic rings. The van der Waals surface area contributed by atoms with Gasteiger partial charge in [0, 0.05) is 6.42 Å². The lowest BCUT2D eigenvalue weighted by atomic mass is 10.2. The number of nitrogens with one attached hydrogen (secondary N) is 1. The molecule has 0 bridgehead atoms. The van der Waals surface area contributed by atoms with Gasteiger partial charge in [0.25, 0.3) is 0 Å². The molecule has 18 heavy (non-hydrogen) atoms. The first-order chi connectivity index (χ1) is 8.67. The molecular weight excluding hydrogens is 226 g/mol. The normalized spacial score (nSPS) is 10.1. The Kier molecular flexibility index (Phi) is 5.89. The molecular formula is C14H19N3O. The second-order valence-electron chi connectivity index (χ2n) is 4.21. The minimum Gasteiger partial charge on any atom is -0.325 e. The molecule has 0 aromatic heterocycles. The maximum atomic E-state index is 11.7. The number of hydrogen-bond acceptors (Lipinski definition) is 3. The molecule has 0 aliphatic rings. The first-order valence-electron chi connectivity index (χ1n) is 6.15. The van der Waals surface area contributed by atoms with Gasteiger partial charge in [-0.15, -0.1) is 0 Å². The zero-order valence-corrected chi connectivity index (χ0v) is 10.9. The van der Waals surface area contributed by atoms with Crippen LogP contribution in [-0.2, 0) is 4.79 Å². The van der Waals surface area contributed by atoms with Crippen molar-refractivity contribution in [3.63, 3.8) is 0 Å². The predicted molar refractivity (Wildman–Crippen MR) is 72.2 cm³/mol. The van der Waals surface area contributed by atoms with Crippen LogP contribution in [0.15, 0.2) is 24.3 Å². The van der Waals surface area contributed by atoms with Crippen molar-refractivity contribution in [1.29, 1.82) is 5.26 Å². The monoisotopic (exact) mass is 245 g/mol. The fraction of sp³-hybridized carbons (Fsp3) is 0.429. The molecule has 1 N–H and O–H groups in total. The summed E-state index contributed by atoms with van der Waals surface area (Å²) in [6.07, 6.45) is 1.30. The predicted octanol–water partition coefficient (Wildman–Crippen LogP) is 2.23. The maximum Gasteiger partial charge on any atom is 0.224 e. The van der Waals surface area contributed by atoms with E-state index in [1.807, 2.05) is 7.05 Å². The number of nitriles is 1. The van der Waals surface area contributed by atoms with Gasteiger partial charge in [-0.1, -0.05) is 19.1 Å². The lowest BCUT2D eigenvalue weighted by molar-refractivity contribution is -0.116. The van der Waals surface area contributed by atoms with E-state index in [0.717, 1.165) is 19.5 Å². The number of rotatable bonds is 6. The molecule has 0 radical (unpaired) electrons. The fourth-order valence-corrected chi connectivity index (χ4v) is 1.57. The third-order valence-corrected chi connectivity index (χ3v) is 2.81. The zero-order valence-electron chi connectivity index (χ0n) is 10.9. The van der Waals surface area contributed by atoms with E-state index in [1.165, 1.54) is 0 Å². The van der Waals surface area contributed by atoms with Gasteiger partial charge in [0.2, 0.25) is 5.91 Å². The molecule has 0 atom stereocenters. The Morgan fingerprint density at radius 3 is 2.83 bits per heavy atom. The molecule has 0 saturated heterocycles. The van der Waals surface area contributed by atoms with Crippen LogP contribution in [0.5, 0.6) is 0 Å². The van der Waals surface area contributed by atoms with Crippen LogP contribution in [0.2, 0.25) is 0 Å². The minimum atomic E-state index is -0.0396. The van der Waals surface area contributed by atoms with Gasteiger partial charge in [0.15, 0.2) is 0 Å². The molecule has 1 aromatic carbocycles. The van der Waals surface area contributed by atoms with Gasteiger partial charge in [0.1, 0.15) is 6.07 Å². The van der Waals surface area contributed by atoms with Crippen LogP contribution in [-0.4, -0.2) is 30.9 Å². The van der Waals surface area contributed by atoms with E-state index in [2.05, 4.69) is 23.2 Å². The molecule has 0 saturated carbocycles. The van der Waals surface area contributed by atoms with Crippen molar-refractivity contribution in [3.8, 4) is 6.07 Å². The summed E-state index contributed by atoms with van der Waals surface area (Å²) >= 11 is 0. The lowest BCUT2D eigenvalue weighted by Gasteiger charge is -2.13. The third kappa shape index (κ3) is 4.56. The number of carbonyl (C=O) groups excluding carboxylic acids is 1. The topological polar surface area (TPSA) is 56.1 Å². The van der Waals surface area contributed by atoms with Crippen LogP contribution in [0.3, 0.4) is 0 Å². The van der Waals surface area contributed by atoms with Crippen molar-refractivity contribution in [3.05, 3.63) is 29.8 Å². The van der Waals surface area contributed by atoms with E-state index in [1.54, 1.807) is 24.3 Å². The SMILES string of the molecule is CCN(C)CCCC(=O)Nc1ccccc1C#N. The molecule has 0 unspecified atom stereocenters. The number of hydrogen-bond donors (Lipinski definition) is 1. The van der Waals surface area contributed by atoms with Gasteiger partial charge in [0.05, 0.1) is 11.3 Å². The Morgan fingerprint density at radius 1 is 1.44 bits per heavy atom. The summed E-state index contributed by atoms with van der Waals surface area (Å²) in [6, 6.07) is 9.09. The molecule has 1 rings (SSSR count). The third-order valence-electron chi connectivity index (χ3n) is 2.81. The largest absolute Gasteiger partial charge is 0.325 e. The average Bonchev–Trinajstić information content (AvgIpc) is 2.39. The number of nitrogens with zero attached hydrogens (tertiary/aromatic N) is 2. The second-order valence-corrected chi connectivity index (χ2v) is 4.21. The molecule has 1 amide bonds. The molecule has 4 nitrogen and oxygen atoms in total. The first kappa shape index (κ1) is 14.2. The summed E-state index contributed by atoms with van der Waals surface area (Å²) in [5.74, 6) is -0.0396. The lowest BCUT2D eigenvalue weighted by Crippen LogP contribution is -2.21. The quantitative estimate of drug-likeness (QED) is 0.836. The smallest absolute Gasteiger partial charge is 0.224 e. The Balaban J connectivity index is 2.43. The van der Waals surface area contributed by atoms with Crippen molar-refractivity contribution in [2.45, 2.75) is 19.8 Å². The summed E-state index contributed by atoms with van der Waals surface area (Å²) in [5.41, 5.74) is 1.09. The molecule has 0 heterocycles. The average molecular weight is 245 g/mol. The summed E-state index contributed by atoms with van der Waals surface area (Å²) in [6.45, 7) is 3.98. The van der Waals surface area contributed by atoms with E-state index in [4.69, 9.17) is 5.26 Å². The highest BCUT2D eigenvalue weighted by Crippen LogP contribution is 2.13. The van der Waals surface area contributed by atoms with Gasteiger partial charge in [-0.05, 0) is 38.7 Å². The van der Waals surface area contributed by atoms with Gasteiger partial charge >= 0.3 is 0 Å².